The molecule has 1 heterocycles. The lowest BCUT2D eigenvalue weighted by atomic mass is 10.1. The zero-order chi connectivity index (χ0) is 14.5. The second-order valence-electron chi connectivity index (χ2n) is 4.45. The van der Waals surface area contributed by atoms with Crippen LogP contribution in [0.3, 0.4) is 0 Å². The quantitative estimate of drug-likeness (QED) is 0.894. The van der Waals surface area contributed by atoms with Crippen molar-refractivity contribution < 1.29 is 14.7 Å². The van der Waals surface area contributed by atoms with Gasteiger partial charge in [0.15, 0.2) is 0 Å². The Kier molecular flexibility index (Phi) is 4.24. The number of fused-ring (bicyclic) bond motifs is 1. The first-order chi connectivity index (χ1) is 9.59. The molecule has 0 aliphatic heterocycles. The summed E-state index contributed by atoms with van der Waals surface area (Å²) in [6, 6.07) is 5.26. The number of hydrogen-bond donors (Lipinski definition) is 1. The second-order valence-corrected chi connectivity index (χ2v) is 4.45. The Balaban J connectivity index is 2.16. The summed E-state index contributed by atoms with van der Waals surface area (Å²) in [4.78, 5) is 32.7. The van der Waals surface area contributed by atoms with Crippen LogP contribution in [0.2, 0.25) is 0 Å². The summed E-state index contributed by atoms with van der Waals surface area (Å²) in [6.45, 7) is 0.391. The number of benzene rings is 1. The molecule has 1 N–H and O–H groups in total. The number of rotatable bonds is 5. The number of carboxylic acids is 1. The summed E-state index contributed by atoms with van der Waals surface area (Å²) >= 11 is 0. The van der Waals surface area contributed by atoms with Crippen LogP contribution < -0.4 is 0 Å². The Hall–Kier alpha value is -2.50. The van der Waals surface area contributed by atoms with Gasteiger partial charge in [-0.3, -0.25) is 19.6 Å². The van der Waals surface area contributed by atoms with Gasteiger partial charge in [0.1, 0.15) is 5.52 Å². The van der Waals surface area contributed by atoms with E-state index in [-0.39, 0.29) is 12.3 Å². The predicted molar refractivity (Wildman–Crippen MR) is 73.4 cm³/mol. The van der Waals surface area contributed by atoms with Crippen molar-refractivity contribution >= 4 is 22.9 Å². The number of hydrogen-bond acceptors (Lipinski definition) is 4. The summed E-state index contributed by atoms with van der Waals surface area (Å²) in [5.74, 6) is -1.04. The summed E-state index contributed by atoms with van der Waals surface area (Å²) in [6.07, 6.45) is 3.59. The standard InChI is InChI=1S/C14H15N3O3/c1-17(9-3-6-12(18)19)14(20)10-4-2-5-11-13(10)16-8-7-15-11/h2,4-5,7-8H,3,6,9H2,1H3,(H,18,19). The van der Waals surface area contributed by atoms with E-state index in [9.17, 15) is 9.59 Å². The minimum absolute atomic E-state index is 0.0486. The molecule has 6 nitrogen and oxygen atoms in total. The molecule has 0 aliphatic carbocycles. The molecule has 2 aromatic rings. The summed E-state index contributed by atoms with van der Waals surface area (Å²) in [7, 11) is 1.65. The molecule has 2 rings (SSSR count). The van der Waals surface area contributed by atoms with Crippen LogP contribution in [-0.4, -0.2) is 45.4 Å². The lowest BCUT2D eigenvalue weighted by molar-refractivity contribution is -0.137. The molecule has 0 saturated heterocycles. The van der Waals surface area contributed by atoms with E-state index in [1.165, 1.54) is 4.90 Å². The number of nitrogens with zero attached hydrogens (tertiary/aromatic N) is 3. The molecule has 0 atom stereocenters. The molecule has 0 saturated carbocycles. The number of carboxylic acid groups (broad SMARTS) is 1. The van der Waals surface area contributed by atoms with Gasteiger partial charge in [0.25, 0.3) is 5.91 Å². The van der Waals surface area contributed by atoms with Crippen LogP contribution in [0.1, 0.15) is 23.2 Å². The number of carbonyl (C=O) groups is 2. The summed E-state index contributed by atoms with van der Waals surface area (Å²) in [5.41, 5.74) is 1.70. The highest BCUT2D eigenvalue weighted by Crippen LogP contribution is 2.15. The molecular weight excluding hydrogens is 258 g/mol. The highest BCUT2D eigenvalue weighted by molar-refractivity contribution is 6.04. The minimum atomic E-state index is -0.859. The van der Waals surface area contributed by atoms with Gasteiger partial charge in [-0.2, -0.15) is 0 Å². The van der Waals surface area contributed by atoms with E-state index < -0.39 is 5.97 Å². The molecule has 0 radical (unpaired) electrons. The number of carbonyl (C=O) groups excluding carboxylic acids is 1. The average Bonchev–Trinajstić information content (AvgIpc) is 2.45. The van der Waals surface area contributed by atoms with Crippen molar-refractivity contribution in [2.24, 2.45) is 0 Å². The highest BCUT2D eigenvalue weighted by atomic mass is 16.4. The molecule has 1 aromatic heterocycles. The number of amides is 1. The third kappa shape index (κ3) is 3.09. The van der Waals surface area contributed by atoms with Gasteiger partial charge in [0.05, 0.1) is 11.1 Å². The molecule has 0 aliphatic rings. The third-order valence-corrected chi connectivity index (χ3v) is 2.96. The fourth-order valence-electron chi connectivity index (χ4n) is 1.94. The van der Waals surface area contributed by atoms with Crippen molar-refractivity contribution in [3.8, 4) is 0 Å². The molecule has 1 amide bonds. The zero-order valence-corrected chi connectivity index (χ0v) is 11.1. The number of aliphatic carboxylic acids is 1. The molecule has 1 aromatic carbocycles. The van der Waals surface area contributed by atoms with E-state index >= 15 is 0 Å². The van der Waals surface area contributed by atoms with E-state index in [1.54, 1.807) is 37.6 Å². The Morgan fingerprint density at radius 2 is 2.00 bits per heavy atom. The van der Waals surface area contributed by atoms with Gasteiger partial charge in [-0.05, 0) is 18.6 Å². The topological polar surface area (TPSA) is 83.4 Å². The maximum atomic E-state index is 12.3. The van der Waals surface area contributed by atoms with E-state index in [2.05, 4.69) is 9.97 Å². The second kappa shape index (κ2) is 6.10. The van der Waals surface area contributed by atoms with Crippen molar-refractivity contribution in [2.75, 3.05) is 13.6 Å². The van der Waals surface area contributed by atoms with Crippen LogP contribution in [0.4, 0.5) is 0 Å². The van der Waals surface area contributed by atoms with Crippen molar-refractivity contribution in [3.63, 3.8) is 0 Å². The Morgan fingerprint density at radius 3 is 2.75 bits per heavy atom. The summed E-state index contributed by atoms with van der Waals surface area (Å²) < 4.78 is 0. The van der Waals surface area contributed by atoms with E-state index in [0.717, 1.165) is 0 Å². The molecule has 6 heteroatoms. The molecule has 0 unspecified atom stereocenters. The van der Waals surface area contributed by atoms with Crippen molar-refractivity contribution in [1.82, 2.24) is 14.9 Å². The van der Waals surface area contributed by atoms with Crippen LogP contribution in [0.25, 0.3) is 11.0 Å². The van der Waals surface area contributed by atoms with Gasteiger partial charge in [0, 0.05) is 32.4 Å². The van der Waals surface area contributed by atoms with Crippen molar-refractivity contribution in [1.29, 1.82) is 0 Å². The molecule has 0 bridgehead atoms. The lowest BCUT2D eigenvalue weighted by Gasteiger charge is -2.17. The van der Waals surface area contributed by atoms with Gasteiger partial charge < -0.3 is 10.0 Å². The van der Waals surface area contributed by atoms with Crippen LogP contribution in [0, 0.1) is 0 Å². The van der Waals surface area contributed by atoms with Crippen molar-refractivity contribution in [2.45, 2.75) is 12.8 Å². The first-order valence-corrected chi connectivity index (χ1v) is 6.26. The molecule has 0 spiro atoms. The Labute approximate surface area is 116 Å². The lowest BCUT2D eigenvalue weighted by Crippen LogP contribution is -2.28. The van der Waals surface area contributed by atoms with Crippen LogP contribution in [0.5, 0.6) is 0 Å². The Bertz CT molecular complexity index is 637. The first kappa shape index (κ1) is 13.9. The fraction of sp³-hybridized carbons (Fsp3) is 0.286. The van der Waals surface area contributed by atoms with E-state index in [1.807, 2.05) is 0 Å². The van der Waals surface area contributed by atoms with Crippen LogP contribution in [0.15, 0.2) is 30.6 Å². The molecule has 20 heavy (non-hydrogen) atoms. The Morgan fingerprint density at radius 1 is 1.25 bits per heavy atom. The monoisotopic (exact) mass is 273 g/mol. The zero-order valence-electron chi connectivity index (χ0n) is 11.1. The van der Waals surface area contributed by atoms with Gasteiger partial charge in [0.2, 0.25) is 0 Å². The SMILES string of the molecule is CN(CCCC(=O)O)C(=O)c1cccc2nccnc12. The van der Waals surface area contributed by atoms with Crippen LogP contribution in [-0.2, 0) is 4.79 Å². The molecular formula is C14H15N3O3. The van der Waals surface area contributed by atoms with Crippen molar-refractivity contribution in [3.05, 3.63) is 36.2 Å². The number of aromatic nitrogens is 2. The predicted octanol–water partition coefficient (Wildman–Crippen LogP) is 1.57. The summed E-state index contributed by atoms with van der Waals surface area (Å²) in [5, 5.41) is 8.60. The van der Waals surface area contributed by atoms with Gasteiger partial charge in [-0.15, -0.1) is 0 Å². The van der Waals surface area contributed by atoms with E-state index in [0.29, 0.717) is 29.6 Å². The molecule has 0 fully saturated rings. The molecule has 104 valence electrons. The highest BCUT2D eigenvalue weighted by Gasteiger charge is 2.15. The van der Waals surface area contributed by atoms with Crippen LogP contribution >= 0.6 is 0 Å². The third-order valence-electron chi connectivity index (χ3n) is 2.96. The minimum Gasteiger partial charge on any atom is -0.481 e. The fourth-order valence-corrected chi connectivity index (χ4v) is 1.94. The largest absolute Gasteiger partial charge is 0.481 e. The number of para-hydroxylation sites is 1. The van der Waals surface area contributed by atoms with Gasteiger partial charge in [-0.25, -0.2) is 0 Å². The normalized spacial score (nSPS) is 10.4. The maximum Gasteiger partial charge on any atom is 0.303 e. The average molecular weight is 273 g/mol. The first-order valence-electron chi connectivity index (χ1n) is 6.26. The van der Waals surface area contributed by atoms with Gasteiger partial charge >= 0.3 is 5.97 Å². The van der Waals surface area contributed by atoms with Gasteiger partial charge in [-0.1, -0.05) is 6.07 Å². The smallest absolute Gasteiger partial charge is 0.303 e. The maximum absolute atomic E-state index is 12.3. The van der Waals surface area contributed by atoms with E-state index in [4.69, 9.17) is 5.11 Å².